The molecule has 3 unspecified atom stereocenters. The molecule has 2 nitrogen and oxygen atoms in total. The highest BCUT2D eigenvalue weighted by Gasteiger charge is 2.59. The van der Waals surface area contributed by atoms with Crippen LogP contribution in [0.2, 0.25) is 0 Å². The summed E-state index contributed by atoms with van der Waals surface area (Å²) in [5.41, 5.74) is 15.5. The van der Waals surface area contributed by atoms with E-state index in [0.29, 0.717) is 16.9 Å². The predicted molar refractivity (Wildman–Crippen MR) is 83.3 cm³/mol. The van der Waals surface area contributed by atoms with Crippen LogP contribution in [0.1, 0.15) is 51.0 Å². The van der Waals surface area contributed by atoms with Gasteiger partial charge in [0.1, 0.15) is 0 Å². The summed E-state index contributed by atoms with van der Waals surface area (Å²) in [6, 6.07) is 9.04. The first-order chi connectivity index (χ1) is 9.51. The molecule has 1 aromatic carbocycles. The van der Waals surface area contributed by atoms with E-state index in [4.69, 9.17) is 11.5 Å². The van der Waals surface area contributed by atoms with E-state index in [2.05, 4.69) is 31.2 Å². The molecular formula is C18H26N2. The van der Waals surface area contributed by atoms with E-state index in [1.807, 2.05) is 0 Å². The van der Waals surface area contributed by atoms with Gasteiger partial charge >= 0.3 is 0 Å². The monoisotopic (exact) mass is 270 g/mol. The minimum atomic E-state index is 0.335. The Morgan fingerprint density at radius 3 is 2.20 bits per heavy atom. The molecule has 108 valence electrons. The Morgan fingerprint density at radius 2 is 1.65 bits per heavy atom. The van der Waals surface area contributed by atoms with Crippen LogP contribution in [0.15, 0.2) is 24.3 Å². The van der Waals surface area contributed by atoms with Crippen LogP contribution < -0.4 is 11.5 Å². The van der Waals surface area contributed by atoms with Gasteiger partial charge in [-0.15, -0.1) is 0 Å². The maximum absolute atomic E-state index is 6.43. The van der Waals surface area contributed by atoms with Gasteiger partial charge in [0, 0.05) is 11.7 Å². The van der Waals surface area contributed by atoms with E-state index in [9.17, 15) is 0 Å². The van der Waals surface area contributed by atoms with Crippen molar-refractivity contribution in [3.05, 3.63) is 29.8 Å². The molecule has 5 rings (SSSR count). The molecule has 2 heteroatoms. The number of benzene rings is 1. The van der Waals surface area contributed by atoms with Gasteiger partial charge in [-0.25, -0.2) is 0 Å². The lowest BCUT2D eigenvalue weighted by atomic mass is 9.41. The summed E-state index contributed by atoms with van der Waals surface area (Å²) in [4.78, 5) is 0. The van der Waals surface area contributed by atoms with Gasteiger partial charge in [0.2, 0.25) is 0 Å². The van der Waals surface area contributed by atoms with Gasteiger partial charge in [0.05, 0.1) is 0 Å². The van der Waals surface area contributed by atoms with Gasteiger partial charge in [-0.2, -0.15) is 0 Å². The molecular weight excluding hydrogens is 244 g/mol. The van der Waals surface area contributed by atoms with Gasteiger partial charge in [0.25, 0.3) is 0 Å². The summed E-state index contributed by atoms with van der Waals surface area (Å²) in [7, 11) is 0. The average Bonchev–Trinajstić information content (AvgIpc) is 2.37. The molecule has 0 aromatic heterocycles. The van der Waals surface area contributed by atoms with E-state index < -0.39 is 0 Å². The van der Waals surface area contributed by atoms with E-state index in [1.54, 1.807) is 0 Å². The van der Waals surface area contributed by atoms with Crippen molar-refractivity contribution in [3.8, 4) is 0 Å². The number of anilines is 1. The van der Waals surface area contributed by atoms with Crippen molar-refractivity contribution in [2.24, 2.45) is 23.0 Å². The van der Waals surface area contributed by atoms with Crippen molar-refractivity contribution in [3.63, 3.8) is 0 Å². The molecule has 0 saturated heterocycles. The standard InChI is InChI=1S/C18H26N2/c1-12(19)17-7-13-6-14(8-17)10-18(9-13,11-17)15-2-4-16(20)5-3-15/h2-5,12-14H,6-11,19-20H2,1H3. The van der Waals surface area contributed by atoms with Gasteiger partial charge in [-0.3, -0.25) is 0 Å². The Bertz CT molecular complexity index is 503. The number of nitrogen functional groups attached to an aromatic ring is 1. The fourth-order valence-corrected chi connectivity index (χ4v) is 6.04. The molecule has 0 aliphatic heterocycles. The van der Waals surface area contributed by atoms with Crippen LogP contribution in [0.25, 0.3) is 0 Å². The molecule has 4 N–H and O–H groups in total. The third kappa shape index (κ3) is 1.67. The second-order valence-electron chi connectivity index (χ2n) is 8.01. The molecule has 4 aliphatic rings. The number of nitrogens with two attached hydrogens (primary N) is 2. The Balaban J connectivity index is 1.77. The van der Waals surface area contributed by atoms with Gasteiger partial charge in [0.15, 0.2) is 0 Å². The Kier molecular flexibility index (Phi) is 2.54. The average molecular weight is 270 g/mol. The highest BCUT2D eigenvalue weighted by molar-refractivity contribution is 5.42. The summed E-state index contributed by atoms with van der Waals surface area (Å²) in [5.74, 6) is 1.81. The smallest absolute Gasteiger partial charge is 0.0314 e. The van der Waals surface area contributed by atoms with Crippen LogP contribution in [0.3, 0.4) is 0 Å². The summed E-state index contributed by atoms with van der Waals surface area (Å²) >= 11 is 0. The van der Waals surface area contributed by atoms with Crippen molar-refractivity contribution in [2.75, 3.05) is 5.73 Å². The summed E-state index contributed by atoms with van der Waals surface area (Å²) in [6.45, 7) is 2.24. The maximum atomic E-state index is 6.43. The number of rotatable bonds is 2. The second-order valence-corrected chi connectivity index (χ2v) is 8.01. The Morgan fingerprint density at radius 1 is 1.05 bits per heavy atom. The van der Waals surface area contributed by atoms with Crippen molar-refractivity contribution in [1.29, 1.82) is 0 Å². The largest absolute Gasteiger partial charge is 0.399 e. The molecule has 0 heterocycles. The van der Waals surface area contributed by atoms with Crippen molar-refractivity contribution >= 4 is 5.69 Å². The lowest BCUT2D eigenvalue weighted by molar-refractivity contribution is -0.0821. The van der Waals surface area contributed by atoms with Crippen molar-refractivity contribution in [2.45, 2.75) is 56.9 Å². The number of hydrogen-bond acceptors (Lipinski definition) is 2. The van der Waals surface area contributed by atoms with Crippen LogP contribution >= 0.6 is 0 Å². The highest BCUT2D eigenvalue weighted by atomic mass is 14.7. The van der Waals surface area contributed by atoms with E-state index in [0.717, 1.165) is 17.5 Å². The maximum Gasteiger partial charge on any atom is 0.0314 e. The van der Waals surface area contributed by atoms with Gasteiger partial charge in [-0.1, -0.05) is 12.1 Å². The zero-order valence-electron chi connectivity index (χ0n) is 12.4. The fourth-order valence-electron chi connectivity index (χ4n) is 6.04. The van der Waals surface area contributed by atoms with E-state index in [-0.39, 0.29) is 0 Å². The van der Waals surface area contributed by atoms with Crippen LogP contribution in [0.5, 0.6) is 0 Å². The van der Waals surface area contributed by atoms with E-state index >= 15 is 0 Å². The lowest BCUT2D eigenvalue weighted by Crippen LogP contribution is -2.59. The summed E-state index contributed by atoms with van der Waals surface area (Å²) in [5, 5.41) is 0. The highest BCUT2D eigenvalue weighted by Crippen LogP contribution is 2.66. The zero-order valence-corrected chi connectivity index (χ0v) is 12.4. The SMILES string of the molecule is CC(N)C12CC3CC(CC(c4ccc(N)cc4)(C3)C1)C2. The van der Waals surface area contributed by atoms with Crippen LogP contribution in [0.4, 0.5) is 5.69 Å². The fraction of sp³-hybridized carbons (Fsp3) is 0.667. The predicted octanol–water partition coefficient (Wildman–Crippen LogP) is 3.45. The molecule has 3 atom stereocenters. The molecule has 0 radical (unpaired) electrons. The molecule has 4 aliphatic carbocycles. The van der Waals surface area contributed by atoms with Crippen LogP contribution in [-0.2, 0) is 5.41 Å². The first-order valence-electron chi connectivity index (χ1n) is 8.13. The Hall–Kier alpha value is -1.02. The minimum Gasteiger partial charge on any atom is -0.399 e. The van der Waals surface area contributed by atoms with E-state index in [1.165, 1.54) is 44.1 Å². The van der Waals surface area contributed by atoms with Gasteiger partial charge < -0.3 is 11.5 Å². The third-order valence-corrected chi connectivity index (χ3v) is 6.60. The van der Waals surface area contributed by atoms with Crippen LogP contribution in [-0.4, -0.2) is 6.04 Å². The molecule has 4 bridgehead atoms. The van der Waals surface area contributed by atoms with Gasteiger partial charge in [-0.05, 0) is 85.8 Å². The molecule has 0 amide bonds. The first-order valence-corrected chi connectivity index (χ1v) is 8.13. The molecule has 0 spiro atoms. The molecule has 1 aromatic rings. The van der Waals surface area contributed by atoms with Crippen molar-refractivity contribution in [1.82, 2.24) is 0 Å². The normalized spacial score (nSPS) is 43.7. The van der Waals surface area contributed by atoms with Crippen molar-refractivity contribution < 1.29 is 0 Å². The third-order valence-electron chi connectivity index (χ3n) is 6.60. The quantitative estimate of drug-likeness (QED) is 0.809. The zero-order chi connectivity index (χ0) is 14.0. The topological polar surface area (TPSA) is 52.0 Å². The number of hydrogen-bond donors (Lipinski definition) is 2. The molecule has 20 heavy (non-hydrogen) atoms. The summed E-state index contributed by atoms with van der Waals surface area (Å²) < 4.78 is 0. The Labute approximate surface area is 121 Å². The summed E-state index contributed by atoms with van der Waals surface area (Å²) in [6.07, 6.45) is 8.25. The lowest BCUT2D eigenvalue weighted by Gasteiger charge is -2.63. The minimum absolute atomic E-state index is 0.335. The second kappa shape index (κ2) is 4.00. The van der Waals surface area contributed by atoms with Crippen LogP contribution in [0, 0.1) is 17.3 Å². The molecule has 4 saturated carbocycles. The molecule has 4 fully saturated rings. The first kappa shape index (κ1) is 12.7.